The van der Waals surface area contributed by atoms with Crippen LogP contribution in [0.4, 0.5) is 4.39 Å². The van der Waals surface area contributed by atoms with Gasteiger partial charge in [-0.1, -0.05) is 41.6 Å². The minimum Gasteiger partial charge on any atom is -0.382 e. The predicted octanol–water partition coefficient (Wildman–Crippen LogP) is 3.50. The summed E-state index contributed by atoms with van der Waals surface area (Å²) in [4.78, 5) is 17.6. The summed E-state index contributed by atoms with van der Waals surface area (Å²) in [5.74, 6) is -0.558. The van der Waals surface area contributed by atoms with Gasteiger partial charge in [0.05, 0.1) is 11.8 Å². The molecule has 2 aromatic rings. The van der Waals surface area contributed by atoms with Crippen LogP contribution in [-0.2, 0) is 9.63 Å². The van der Waals surface area contributed by atoms with E-state index in [1.807, 2.05) is 38.1 Å². The molecule has 124 valence electrons. The van der Waals surface area contributed by atoms with Crippen LogP contribution in [0, 0.1) is 12.7 Å². The molecule has 0 saturated heterocycles. The molecule has 0 aliphatic carbocycles. The smallest absolute Gasteiger partial charge is 0.264 e. The molecule has 1 N–H and O–H groups in total. The third-order valence-electron chi connectivity index (χ3n) is 4.13. The number of benzene rings is 2. The maximum absolute atomic E-state index is 13.3. The van der Waals surface area contributed by atoms with Gasteiger partial charge in [0.1, 0.15) is 5.82 Å². The number of hydrogen-bond donors (Lipinski definition) is 1. The predicted molar refractivity (Wildman–Crippen MR) is 90.2 cm³/mol. The zero-order valence-corrected chi connectivity index (χ0v) is 13.6. The van der Waals surface area contributed by atoms with Crippen LogP contribution < -0.4 is 5.32 Å². The monoisotopic (exact) mass is 326 g/mol. The molecule has 2 aromatic carbocycles. The molecule has 3 rings (SSSR count). The Morgan fingerprint density at radius 1 is 1.29 bits per heavy atom. The molecular weight excluding hydrogens is 307 g/mol. The van der Waals surface area contributed by atoms with Gasteiger partial charge in [-0.25, -0.2) is 4.39 Å². The molecule has 0 aromatic heterocycles. The molecule has 0 spiro atoms. The highest BCUT2D eigenvalue weighted by Gasteiger charge is 2.30. The van der Waals surface area contributed by atoms with Gasteiger partial charge in [0.2, 0.25) is 6.10 Å². The Morgan fingerprint density at radius 3 is 2.83 bits per heavy atom. The molecule has 1 aliphatic rings. The first-order valence-electron chi connectivity index (χ1n) is 7.89. The van der Waals surface area contributed by atoms with Gasteiger partial charge in [0.15, 0.2) is 0 Å². The van der Waals surface area contributed by atoms with Crippen molar-refractivity contribution in [3.63, 3.8) is 0 Å². The first-order valence-corrected chi connectivity index (χ1v) is 7.89. The number of carbonyl (C=O) groups excluding carboxylic acids is 1. The molecule has 4 nitrogen and oxygen atoms in total. The average molecular weight is 326 g/mol. The minimum absolute atomic E-state index is 0.125. The summed E-state index contributed by atoms with van der Waals surface area (Å²) in [6, 6.07) is 13.9. The van der Waals surface area contributed by atoms with E-state index in [9.17, 15) is 9.18 Å². The number of rotatable bonds is 4. The van der Waals surface area contributed by atoms with Crippen LogP contribution in [0.25, 0.3) is 0 Å². The SMILES string of the molecule is Cc1ccccc1[C@H](C)NC(=O)[C@H]1CC(c2cccc(F)c2)=NO1. The van der Waals surface area contributed by atoms with Crippen molar-refractivity contribution in [2.24, 2.45) is 5.16 Å². The van der Waals surface area contributed by atoms with Crippen molar-refractivity contribution >= 4 is 11.6 Å². The first-order chi connectivity index (χ1) is 11.5. The fraction of sp³-hybridized carbons (Fsp3) is 0.263. The summed E-state index contributed by atoms with van der Waals surface area (Å²) in [5, 5.41) is 6.89. The third-order valence-corrected chi connectivity index (χ3v) is 4.13. The number of oxime groups is 1. The number of amides is 1. The van der Waals surface area contributed by atoms with Gasteiger partial charge >= 0.3 is 0 Å². The molecular formula is C19H19FN2O2. The topological polar surface area (TPSA) is 50.7 Å². The number of hydrogen-bond acceptors (Lipinski definition) is 3. The van der Waals surface area contributed by atoms with Gasteiger partial charge in [-0.05, 0) is 37.1 Å². The lowest BCUT2D eigenvalue weighted by Gasteiger charge is -2.18. The fourth-order valence-electron chi connectivity index (χ4n) is 2.81. The van der Waals surface area contributed by atoms with E-state index in [-0.39, 0.29) is 17.8 Å². The van der Waals surface area contributed by atoms with Crippen molar-refractivity contribution < 1.29 is 14.0 Å². The highest BCUT2D eigenvalue weighted by molar-refractivity contribution is 6.04. The van der Waals surface area contributed by atoms with Crippen molar-refractivity contribution in [1.29, 1.82) is 0 Å². The van der Waals surface area contributed by atoms with Gasteiger partial charge in [-0.2, -0.15) is 0 Å². The molecule has 0 radical (unpaired) electrons. The van der Waals surface area contributed by atoms with Gasteiger partial charge in [0, 0.05) is 12.0 Å². The van der Waals surface area contributed by atoms with E-state index in [0.717, 1.165) is 11.1 Å². The van der Waals surface area contributed by atoms with E-state index < -0.39 is 6.10 Å². The largest absolute Gasteiger partial charge is 0.382 e. The quantitative estimate of drug-likeness (QED) is 0.935. The van der Waals surface area contributed by atoms with Crippen LogP contribution in [0.5, 0.6) is 0 Å². The van der Waals surface area contributed by atoms with Crippen LogP contribution in [0.1, 0.15) is 36.1 Å². The molecule has 1 aliphatic heterocycles. The van der Waals surface area contributed by atoms with E-state index in [1.165, 1.54) is 12.1 Å². The molecule has 2 atom stereocenters. The lowest BCUT2D eigenvalue weighted by Crippen LogP contribution is -2.36. The van der Waals surface area contributed by atoms with Crippen LogP contribution in [0.3, 0.4) is 0 Å². The second kappa shape index (κ2) is 6.83. The Kier molecular flexibility index (Phi) is 4.60. The lowest BCUT2D eigenvalue weighted by atomic mass is 10.0. The molecule has 24 heavy (non-hydrogen) atoms. The van der Waals surface area contributed by atoms with E-state index in [1.54, 1.807) is 12.1 Å². The summed E-state index contributed by atoms with van der Waals surface area (Å²) < 4.78 is 13.3. The van der Waals surface area contributed by atoms with E-state index in [2.05, 4.69) is 10.5 Å². The summed E-state index contributed by atoms with van der Waals surface area (Å²) in [6.45, 7) is 3.94. The molecule has 0 saturated carbocycles. The molecule has 0 unspecified atom stereocenters. The number of aryl methyl sites for hydroxylation is 1. The Balaban J connectivity index is 1.63. The molecule has 0 fully saturated rings. The minimum atomic E-state index is -0.685. The second-order valence-corrected chi connectivity index (χ2v) is 5.93. The zero-order chi connectivity index (χ0) is 17.1. The highest BCUT2D eigenvalue weighted by Crippen LogP contribution is 2.20. The van der Waals surface area contributed by atoms with Gasteiger partial charge < -0.3 is 10.2 Å². The number of halogens is 1. The van der Waals surface area contributed by atoms with Gasteiger partial charge in [-0.15, -0.1) is 0 Å². The maximum Gasteiger partial charge on any atom is 0.264 e. The van der Waals surface area contributed by atoms with Crippen molar-refractivity contribution in [2.45, 2.75) is 32.4 Å². The van der Waals surface area contributed by atoms with E-state index in [0.29, 0.717) is 17.7 Å². The van der Waals surface area contributed by atoms with E-state index >= 15 is 0 Å². The summed E-state index contributed by atoms with van der Waals surface area (Å²) in [6.07, 6.45) is -0.356. The Hall–Kier alpha value is -2.69. The molecule has 5 heteroatoms. The molecule has 1 heterocycles. The molecule has 1 amide bonds. The second-order valence-electron chi connectivity index (χ2n) is 5.93. The van der Waals surface area contributed by atoms with Crippen molar-refractivity contribution in [1.82, 2.24) is 5.32 Å². The highest BCUT2D eigenvalue weighted by atomic mass is 19.1. The van der Waals surface area contributed by atoms with E-state index in [4.69, 9.17) is 4.84 Å². The summed E-state index contributed by atoms with van der Waals surface area (Å²) >= 11 is 0. The van der Waals surface area contributed by atoms with Crippen molar-refractivity contribution in [2.75, 3.05) is 0 Å². The molecule has 0 bridgehead atoms. The normalized spacial score (nSPS) is 17.8. The third kappa shape index (κ3) is 3.45. The maximum atomic E-state index is 13.3. The van der Waals surface area contributed by atoms with Crippen LogP contribution in [0.15, 0.2) is 53.7 Å². The number of carbonyl (C=O) groups is 1. The van der Waals surface area contributed by atoms with Gasteiger partial charge in [0.25, 0.3) is 5.91 Å². The number of nitrogens with zero attached hydrogens (tertiary/aromatic N) is 1. The van der Waals surface area contributed by atoms with Crippen LogP contribution in [-0.4, -0.2) is 17.7 Å². The van der Waals surface area contributed by atoms with Crippen LogP contribution >= 0.6 is 0 Å². The fourth-order valence-corrected chi connectivity index (χ4v) is 2.81. The van der Waals surface area contributed by atoms with Crippen LogP contribution in [0.2, 0.25) is 0 Å². The zero-order valence-electron chi connectivity index (χ0n) is 13.6. The van der Waals surface area contributed by atoms with Gasteiger partial charge in [-0.3, -0.25) is 4.79 Å². The lowest BCUT2D eigenvalue weighted by molar-refractivity contribution is -0.131. The Morgan fingerprint density at radius 2 is 2.08 bits per heavy atom. The van der Waals surface area contributed by atoms with Crippen molar-refractivity contribution in [3.8, 4) is 0 Å². The Labute approximate surface area is 140 Å². The Bertz CT molecular complexity index is 788. The number of nitrogens with one attached hydrogen (secondary N) is 1. The summed E-state index contributed by atoms with van der Waals surface area (Å²) in [5.41, 5.74) is 3.40. The van der Waals surface area contributed by atoms with Crippen molar-refractivity contribution in [3.05, 3.63) is 71.0 Å². The standard InChI is InChI=1S/C19H19FN2O2/c1-12-6-3-4-9-16(12)13(2)21-19(23)18-11-17(22-24-18)14-7-5-8-15(20)10-14/h3-10,13,18H,11H2,1-2H3,(H,21,23)/t13-,18+/m0/s1. The first kappa shape index (κ1) is 16.2. The summed E-state index contributed by atoms with van der Waals surface area (Å²) in [7, 11) is 0. The average Bonchev–Trinajstić information content (AvgIpc) is 3.05.